The molecule has 1 N–H and O–H groups in total. The molecule has 0 unspecified atom stereocenters. The van der Waals surface area contributed by atoms with Crippen LogP contribution in [0.25, 0.3) is 11.0 Å². The lowest BCUT2D eigenvalue weighted by atomic mass is 10.2. The topological polar surface area (TPSA) is 73.3 Å². The van der Waals surface area contributed by atoms with Crippen molar-refractivity contribution in [2.75, 3.05) is 14.2 Å². The number of aromatic amines is 1. The van der Waals surface area contributed by atoms with Crippen molar-refractivity contribution in [1.82, 2.24) is 9.55 Å². The van der Waals surface area contributed by atoms with Crippen LogP contribution in [0.15, 0.2) is 46.0 Å². The van der Waals surface area contributed by atoms with Gasteiger partial charge in [-0.2, -0.15) is 0 Å². The Bertz CT molecular complexity index is 1020. The lowest BCUT2D eigenvalue weighted by Gasteiger charge is -2.12. The maximum Gasteiger partial charge on any atom is 0.317 e. The average Bonchev–Trinajstić information content (AvgIpc) is 2.59. The van der Waals surface area contributed by atoms with Gasteiger partial charge >= 0.3 is 11.1 Å². The van der Waals surface area contributed by atoms with E-state index in [2.05, 4.69) is 4.98 Å². The van der Waals surface area contributed by atoms with E-state index in [0.29, 0.717) is 28.1 Å². The molecule has 124 valence electrons. The van der Waals surface area contributed by atoms with Crippen molar-refractivity contribution in [3.05, 3.63) is 68.5 Å². The predicted octanol–water partition coefficient (Wildman–Crippen LogP) is 1.89. The zero-order valence-corrected chi connectivity index (χ0v) is 13.1. The summed E-state index contributed by atoms with van der Waals surface area (Å²) in [5, 5.41) is 0. The van der Waals surface area contributed by atoms with Crippen LogP contribution in [0.3, 0.4) is 0 Å². The second-order valence-corrected chi connectivity index (χ2v) is 5.20. The first-order chi connectivity index (χ1) is 11.5. The smallest absolute Gasteiger partial charge is 0.317 e. The van der Waals surface area contributed by atoms with Gasteiger partial charge in [-0.1, -0.05) is 6.07 Å². The predicted molar refractivity (Wildman–Crippen MR) is 87.4 cm³/mol. The van der Waals surface area contributed by atoms with Crippen LogP contribution < -0.4 is 20.6 Å². The minimum Gasteiger partial charge on any atom is -0.493 e. The number of rotatable bonds is 4. The average molecular weight is 330 g/mol. The van der Waals surface area contributed by atoms with E-state index in [1.54, 1.807) is 18.2 Å². The number of hydrogen-bond acceptors (Lipinski definition) is 4. The molecule has 0 amide bonds. The molecule has 0 spiro atoms. The van der Waals surface area contributed by atoms with Gasteiger partial charge in [-0.25, -0.2) is 4.39 Å². The lowest BCUT2D eigenvalue weighted by molar-refractivity contribution is 0.354. The lowest BCUT2D eigenvalue weighted by Crippen LogP contribution is -2.36. The highest BCUT2D eigenvalue weighted by atomic mass is 19.1. The molecule has 0 aliphatic rings. The van der Waals surface area contributed by atoms with Crippen LogP contribution >= 0.6 is 0 Å². The van der Waals surface area contributed by atoms with Crippen LogP contribution in [-0.4, -0.2) is 23.8 Å². The van der Waals surface area contributed by atoms with Gasteiger partial charge in [0.1, 0.15) is 5.82 Å². The van der Waals surface area contributed by atoms with Gasteiger partial charge in [0.15, 0.2) is 11.5 Å². The normalized spacial score (nSPS) is 10.8. The van der Waals surface area contributed by atoms with Gasteiger partial charge in [0, 0.05) is 0 Å². The van der Waals surface area contributed by atoms with E-state index in [4.69, 9.17) is 9.47 Å². The van der Waals surface area contributed by atoms with Crippen molar-refractivity contribution in [1.29, 1.82) is 0 Å². The summed E-state index contributed by atoms with van der Waals surface area (Å²) in [6.45, 7) is 0.100. The minimum absolute atomic E-state index is 0.100. The van der Waals surface area contributed by atoms with Crippen molar-refractivity contribution in [3.63, 3.8) is 0 Å². The van der Waals surface area contributed by atoms with Gasteiger partial charge in [0.2, 0.25) is 0 Å². The highest BCUT2D eigenvalue weighted by molar-refractivity contribution is 5.74. The summed E-state index contributed by atoms with van der Waals surface area (Å²) >= 11 is 0. The van der Waals surface area contributed by atoms with Crippen molar-refractivity contribution in [2.24, 2.45) is 0 Å². The Balaban J connectivity index is 2.16. The Hall–Kier alpha value is -3.09. The summed E-state index contributed by atoms with van der Waals surface area (Å²) in [5.74, 6) is 0.564. The molecule has 0 aliphatic carbocycles. The number of nitrogens with one attached hydrogen (secondary N) is 1. The monoisotopic (exact) mass is 330 g/mol. The fraction of sp³-hybridized carbons (Fsp3) is 0.176. The van der Waals surface area contributed by atoms with Crippen molar-refractivity contribution in [2.45, 2.75) is 6.54 Å². The number of ether oxygens (including phenoxy) is 2. The molecule has 0 atom stereocenters. The molecular weight excluding hydrogens is 315 g/mol. The van der Waals surface area contributed by atoms with Gasteiger partial charge in [0.25, 0.3) is 0 Å². The van der Waals surface area contributed by atoms with E-state index in [9.17, 15) is 14.0 Å². The summed E-state index contributed by atoms with van der Waals surface area (Å²) in [5.41, 5.74) is -0.0840. The quantitative estimate of drug-likeness (QED) is 0.742. The van der Waals surface area contributed by atoms with Gasteiger partial charge in [-0.3, -0.25) is 14.2 Å². The molecule has 0 bridgehead atoms. The van der Waals surface area contributed by atoms with Gasteiger partial charge < -0.3 is 14.5 Å². The van der Waals surface area contributed by atoms with E-state index in [-0.39, 0.29) is 6.54 Å². The van der Waals surface area contributed by atoms with Crippen LogP contribution in [-0.2, 0) is 6.54 Å². The molecule has 24 heavy (non-hydrogen) atoms. The zero-order valence-electron chi connectivity index (χ0n) is 13.1. The molecule has 0 aliphatic heterocycles. The van der Waals surface area contributed by atoms with Gasteiger partial charge in [-0.05, 0) is 35.9 Å². The molecule has 7 heteroatoms. The largest absolute Gasteiger partial charge is 0.493 e. The van der Waals surface area contributed by atoms with Crippen LogP contribution in [0.2, 0.25) is 0 Å². The first kappa shape index (κ1) is 15.8. The first-order valence-electron chi connectivity index (χ1n) is 7.17. The molecule has 3 rings (SSSR count). The molecule has 0 radical (unpaired) electrons. The molecule has 6 nitrogen and oxygen atoms in total. The zero-order chi connectivity index (χ0) is 17.3. The fourth-order valence-corrected chi connectivity index (χ4v) is 2.56. The SMILES string of the molecule is COc1ccc(Cn2c(=O)c(=O)[nH]c3ccc(F)cc32)cc1OC. The highest BCUT2D eigenvalue weighted by Gasteiger charge is 2.11. The standard InChI is InChI=1S/C17H15FN2O4/c1-23-14-6-3-10(7-15(14)24-2)9-20-13-8-11(18)4-5-12(13)19-16(21)17(20)22/h3-8H,9H2,1-2H3,(H,19,21). The number of halogens is 1. The van der Waals surface area contributed by atoms with E-state index in [1.807, 2.05) is 0 Å². The number of benzene rings is 2. The Morgan fingerprint density at radius 2 is 1.79 bits per heavy atom. The van der Waals surface area contributed by atoms with Crippen LogP contribution in [0.5, 0.6) is 11.5 Å². The second-order valence-electron chi connectivity index (χ2n) is 5.20. The summed E-state index contributed by atoms with van der Waals surface area (Å²) < 4.78 is 25.2. The molecule has 3 aromatic rings. The molecular formula is C17H15FN2O4. The van der Waals surface area contributed by atoms with E-state index in [0.717, 1.165) is 0 Å². The van der Waals surface area contributed by atoms with Crippen molar-refractivity contribution in [3.8, 4) is 11.5 Å². The van der Waals surface area contributed by atoms with Crippen molar-refractivity contribution >= 4 is 11.0 Å². The Labute approximate surface area is 136 Å². The fourth-order valence-electron chi connectivity index (χ4n) is 2.56. The van der Waals surface area contributed by atoms with Gasteiger partial charge in [0.05, 0.1) is 31.8 Å². The summed E-state index contributed by atoms with van der Waals surface area (Å²) in [6.07, 6.45) is 0. The molecule has 1 heterocycles. The summed E-state index contributed by atoms with van der Waals surface area (Å²) in [4.78, 5) is 26.5. The van der Waals surface area contributed by atoms with Crippen molar-refractivity contribution < 1.29 is 13.9 Å². The Morgan fingerprint density at radius 3 is 2.50 bits per heavy atom. The van der Waals surface area contributed by atoms with Crippen LogP contribution in [0.1, 0.15) is 5.56 Å². The van der Waals surface area contributed by atoms with Gasteiger partial charge in [-0.15, -0.1) is 0 Å². The number of fused-ring (bicyclic) bond motifs is 1. The summed E-state index contributed by atoms with van der Waals surface area (Å²) in [7, 11) is 3.03. The molecule has 0 saturated heterocycles. The van der Waals surface area contributed by atoms with E-state index in [1.165, 1.54) is 37.0 Å². The molecule has 0 saturated carbocycles. The minimum atomic E-state index is -0.755. The third-order valence-electron chi connectivity index (χ3n) is 3.73. The number of hydrogen-bond donors (Lipinski definition) is 1. The molecule has 2 aromatic carbocycles. The maximum atomic E-state index is 13.6. The van der Waals surface area contributed by atoms with E-state index < -0.39 is 16.9 Å². The number of aromatic nitrogens is 2. The number of H-pyrrole nitrogens is 1. The van der Waals surface area contributed by atoms with Crippen LogP contribution in [0, 0.1) is 5.82 Å². The number of nitrogens with zero attached hydrogens (tertiary/aromatic N) is 1. The Kier molecular flexibility index (Phi) is 4.07. The third kappa shape index (κ3) is 2.76. The summed E-state index contributed by atoms with van der Waals surface area (Å²) in [6, 6.07) is 9.03. The molecule has 1 aromatic heterocycles. The number of methoxy groups -OCH3 is 2. The Morgan fingerprint density at radius 1 is 1.04 bits per heavy atom. The van der Waals surface area contributed by atoms with E-state index >= 15 is 0 Å². The third-order valence-corrected chi connectivity index (χ3v) is 3.73. The first-order valence-corrected chi connectivity index (χ1v) is 7.17. The second kappa shape index (κ2) is 6.19. The molecule has 0 fully saturated rings. The highest BCUT2D eigenvalue weighted by Crippen LogP contribution is 2.28. The maximum absolute atomic E-state index is 13.6. The van der Waals surface area contributed by atoms with Crippen LogP contribution in [0.4, 0.5) is 4.39 Å².